The van der Waals surface area contributed by atoms with Crippen LogP contribution in [0.4, 0.5) is 0 Å². The number of fused-ring (bicyclic) bond motifs is 1. The fourth-order valence-corrected chi connectivity index (χ4v) is 3.60. The van der Waals surface area contributed by atoms with Gasteiger partial charge in [-0.1, -0.05) is 12.1 Å². The van der Waals surface area contributed by atoms with Crippen molar-refractivity contribution in [2.24, 2.45) is 0 Å². The number of amides is 1. The number of hydrogen-bond donors (Lipinski definition) is 1. The Morgan fingerprint density at radius 1 is 1.13 bits per heavy atom. The Morgan fingerprint density at radius 3 is 2.63 bits per heavy atom. The minimum Gasteiger partial charge on any atom is -0.497 e. The summed E-state index contributed by atoms with van der Waals surface area (Å²) in [6.45, 7) is 4.62. The molecule has 6 heteroatoms. The van der Waals surface area contributed by atoms with Gasteiger partial charge >= 0.3 is 0 Å². The van der Waals surface area contributed by atoms with E-state index in [0.717, 1.165) is 45.8 Å². The second kappa shape index (κ2) is 8.45. The van der Waals surface area contributed by atoms with Gasteiger partial charge in [-0.3, -0.25) is 4.79 Å². The fourth-order valence-electron chi connectivity index (χ4n) is 3.60. The third-order valence-electron chi connectivity index (χ3n) is 5.14. The van der Waals surface area contributed by atoms with E-state index in [9.17, 15) is 4.79 Å². The molecular weight excluding hydrogens is 378 g/mol. The Balaban J connectivity index is 1.31. The van der Waals surface area contributed by atoms with Gasteiger partial charge in [0.2, 0.25) is 5.91 Å². The van der Waals surface area contributed by atoms with Crippen LogP contribution in [0.25, 0.3) is 16.7 Å². The minimum atomic E-state index is -0.0206. The van der Waals surface area contributed by atoms with Gasteiger partial charge in [-0.05, 0) is 56.2 Å². The number of furan rings is 1. The lowest BCUT2D eigenvalue weighted by Gasteiger charge is -2.07. The normalized spacial score (nSPS) is 11.0. The molecule has 6 nitrogen and oxygen atoms in total. The van der Waals surface area contributed by atoms with E-state index in [1.54, 1.807) is 13.4 Å². The predicted octanol–water partition coefficient (Wildman–Crippen LogP) is 4.15. The number of aryl methyl sites for hydroxylation is 2. The first-order valence-electron chi connectivity index (χ1n) is 9.97. The minimum absolute atomic E-state index is 0.0206. The van der Waals surface area contributed by atoms with Crippen LogP contribution in [0.5, 0.6) is 5.75 Å². The Morgan fingerprint density at radius 2 is 1.93 bits per heavy atom. The molecule has 0 saturated heterocycles. The summed E-state index contributed by atoms with van der Waals surface area (Å²) in [4.78, 5) is 12.4. The second-order valence-electron chi connectivity index (χ2n) is 7.41. The monoisotopic (exact) mass is 403 g/mol. The Labute approximate surface area is 175 Å². The molecule has 4 rings (SSSR count). The third kappa shape index (κ3) is 4.22. The first-order valence-corrected chi connectivity index (χ1v) is 9.97. The number of carbonyl (C=O) groups is 1. The van der Waals surface area contributed by atoms with Gasteiger partial charge in [-0.2, -0.15) is 5.10 Å². The highest BCUT2D eigenvalue weighted by Gasteiger charge is 2.11. The van der Waals surface area contributed by atoms with E-state index in [1.807, 2.05) is 36.7 Å². The quantitative estimate of drug-likeness (QED) is 0.503. The standard InChI is InChI=1S/C24H25N3O3/c1-16-12-17(2)27(26-16)20-6-4-18(5-7-20)10-11-25-24(28)13-19-15-30-23-14-21(29-3)8-9-22(19)23/h4-9,12,14-15H,10-11,13H2,1-3H3,(H,25,28). The van der Waals surface area contributed by atoms with Gasteiger partial charge in [-0.15, -0.1) is 0 Å². The average Bonchev–Trinajstić information content (AvgIpc) is 3.30. The highest BCUT2D eigenvalue weighted by Crippen LogP contribution is 2.25. The van der Waals surface area contributed by atoms with Gasteiger partial charge in [0.15, 0.2) is 0 Å². The molecule has 0 spiro atoms. The van der Waals surface area contributed by atoms with Crippen LogP contribution < -0.4 is 10.1 Å². The van der Waals surface area contributed by atoms with Gasteiger partial charge in [-0.25, -0.2) is 4.68 Å². The lowest BCUT2D eigenvalue weighted by molar-refractivity contribution is -0.120. The Bertz CT molecular complexity index is 1170. The zero-order valence-electron chi connectivity index (χ0n) is 17.4. The molecule has 0 unspecified atom stereocenters. The maximum absolute atomic E-state index is 12.4. The van der Waals surface area contributed by atoms with Gasteiger partial charge in [0.25, 0.3) is 0 Å². The van der Waals surface area contributed by atoms with Crippen molar-refractivity contribution in [2.45, 2.75) is 26.7 Å². The summed E-state index contributed by atoms with van der Waals surface area (Å²) in [6.07, 6.45) is 2.70. The van der Waals surface area contributed by atoms with E-state index in [0.29, 0.717) is 6.54 Å². The van der Waals surface area contributed by atoms with Crippen LogP contribution in [0.15, 0.2) is 59.2 Å². The second-order valence-corrected chi connectivity index (χ2v) is 7.41. The first kappa shape index (κ1) is 19.8. The summed E-state index contributed by atoms with van der Waals surface area (Å²) in [5, 5.41) is 8.44. The topological polar surface area (TPSA) is 69.3 Å². The molecule has 154 valence electrons. The van der Waals surface area contributed by atoms with Crippen molar-refractivity contribution in [2.75, 3.05) is 13.7 Å². The lowest BCUT2D eigenvalue weighted by Crippen LogP contribution is -2.27. The molecule has 0 aliphatic carbocycles. The van der Waals surface area contributed by atoms with Gasteiger partial charge in [0.05, 0.1) is 31.2 Å². The highest BCUT2D eigenvalue weighted by molar-refractivity contribution is 5.88. The van der Waals surface area contributed by atoms with Crippen molar-refractivity contribution in [3.8, 4) is 11.4 Å². The van der Waals surface area contributed by atoms with Crippen LogP contribution in [-0.2, 0) is 17.6 Å². The number of ether oxygens (including phenoxy) is 1. The molecule has 0 fully saturated rings. The molecule has 0 atom stereocenters. The van der Waals surface area contributed by atoms with Gasteiger partial charge in [0, 0.05) is 29.3 Å². The van der Waals surface area contributed by atoms with Gasteiger partial charge < -0.3 is 14.5 Å². The van der Waals surface area contributed by atoms with Crippen molar-refractivity contribution in [3.05, 3.63) is 77.3 Å². The number of hydrogen-bond acceptors (Lipinski definition) is 4. The molecule has 4 aromatic rings. The molecule has 0 aliphatic heterocycles. The summed E-state index contributed by atoms with van der Waals surface area (Å²) in [5.41, 5.74) is 5.92. The number of aromatic nitrogens is 2. The molecule has 0 radical (unpaired) electrons. The van der Waals surface area contributed by atoms with Gasteiger partial charge in [0.1, 0.15) is 11.3 Å². The summed E-state index contributed by atoms with van der Waals surface area (Å²) >= 11 is 0. The molecule has 0 saturated carbocycles. The van der Waals surface area contributed by atoms with Crippen LogP contribution in [0.2, 0.25) is 0 Å². The van der Waals surface area contributed by atoms with Crippen LogP contribution in [0.1, 0.15) is 22.5 Å². The molecule has 0 aliphatic rings. The van der Waals surface area contributed by atoms with Crippen LogP contribution >= 0.6 is 0 Å². The smallest absolute Gasteiger partial charge is 0.224 e. The number of rotatable bonds is 7. The zero-order valence-corrected chi connectivity index (χ0v) is 17.4. The third-order valence-corrected chi connectivity index (χ3v) is 5.14. The van der Waals surface area contributed by atoms with E-state index in [4.69, 9.17) is 9.15 Å². The zero-order chi connectivity index (χ0) is 21.1. The number of nitrogens with zero attached hydrogens (tertiary/aromatic N) is 2. The molecule has 1 amide bonds. The number of benzene rings is 2. The fraction of sp³-hybridized carbons (Fsp3) is 0.250. The summed E-state index contributed by atoms with van der Waals surface area (Å²) in [5.74, 6) is 0.713. The molecule has 0 bridgehead atoms. The highest BCUT2D eigenvalue weighted by atomic mass is 16.5. The van der Waals surface area contributed by atoms with Crippen molar-refractivity contribution in [1.82, 2.24) is 15.1 Å². The Hall–Kier alpha value is -3.54. The summed E-state index contributed by atoms with van der Waals surface area (Å²) in [7, 11) is 1.62. The van der Waals surface area contributed by atoms with Crippen LogP contribution in [0, 0.1) is 13.8 Å². The van der Waals surface area contributed by atoms with E-state index >= 15 is 0 Å². The van der Waals surface area contributed by atoms with Crippen LogP contribution in [-0.4, -0.2) is 29.3 Å². The molecular formula is C24H25N3O3. The summed E-state index contributed by atoms with van der Waals surface area (Å²) in [6, 6.07) is 15.9. The molecule has 2 aromatic carbocycles. The van der Waals surface area contributed by atoms with E-state index < -0.39 is 0 Å². The first-order chi connectivity index (χ1) is 14.5. The van der Waals surface area contributed by atoms with E-state index in [1.165, 1.54) is 5.56 Å². The number of nitrogens with one attached hydrogen (secondary N) is 1. The average molecular weight is 403 g/mol. The van der Waals surface area contributed by atoms with E-state index in [2.05, 4.69) is 40.7 Å². The van der Waals surface area contributed by atoms with Crippen molar-refractivity contribution >= 4 is 16.9 Å². The number of carbonyl (C=O) groups excluding carboxylic acids is 1. The molecule has 2 aromatic heterocycles. The molecule has 2 heterocycles. The maximum atomic E-state index is 12.4. The number of methoxy groups -OCH3 is 1. The Kier molecular flexibility index (Phi) is 5.57. The van der Waals surface area contributed by atoms with Crippen molar-refractivity contribution < 1.29 is 13.9 Å². The van der Waals surface area contributed by atoms with Crippen molar-refractivity contribution in [3.63, 3.8) is 0 Å². The molecule has 1 N–H and O–H groups in total. The summed E-state index contributed by atoms with van der Waals surface area (Å²) < 4.78 is 12.7. The SMILES string of the molecule is COc1ccc2c(CC(=O)NCCc3ccc(-n4nc(C)cc4C)cc3)coc2c1. The van der Waals surface area contributed by atoms with Crippen LogP contribution in [0.3, 0.4) is 0 Å². The predicted molar refractivity (Wildman–Crippen MR) is 116 cm³/mol. The van der Waals surface area contributed by atoms with Crippen molar-refractivity contribution in [1.29, 1.82) is 0 Å². The van der Waals surface area contributed by atoms with E-state index in [-0.39, 0.29) is 12.3 Å². The largest absolute Gasteiger partial charge is 0.497 e. The maximum Gasteiger partial charge on any atom is 0.224 e. The molecule has 30 heavy (non-hydrogen) atoms. The lowest BCUT2D eigenvalue weighted by atomic mass is 10.1.